The third kappa shape index (κ3) is 5.43. The Morgan fingerprint density at radius 1 is 0.482 bits per heavy atom. The number of fused-ring (bicyclic) bond motifs is 3. The number of nitrogens with zero attached hydrogens (tertiary/aromatic N) is 2. The third-order valence-corrected chi connectivity index (χ3v) is 11.6. The molecule has 0 saturated carbocycles. The first-order valence-electron chi connectivity index (χ1n) is 19.5. The van der Waals surface area contributed by atoms with Gasteiger partial charge in [-0.15, -0.1) is 0 Å². The van der Waals surface area contributed by atoms with Gasteiger partial charge in [-0.3, -0.25) is 0 Å². The lowest BCUT2D eigenvalue weighted by atomic mass is 9.89. The fourth-order valence-corrected chi connectivity index (χ4v) is 8.93. The van der Waals surface area contributed by atoms with Crippen molar-refractivity contribution in [2.24, 2.45) is 9.98 Å². The van der Waals surface area contributed by atoms with Crippen LogP contribution in [-0.4, -0.2) is 11.7 Å². The molecule has 56 heavy (non-hydrogen) atoms. The van der Waals surface area contributed by atoms with E-state index >= 15 is 0 Å². The minimum Gasteiger partial charge on any atom is -0.344 e. The van der Waals surface area contributed by atoms with Gasteiger partial charge in [0, 0.05) is 11.1 Å². The van der Waals surface area contributed by atoms with Crippen LogP contribution in [0.3, 0.4) is 0 Å². The highest BCUT2D eigenvalue weighted by Gasteiger charge is 2.25. The fraction of sp³-hybridized carbons (Fsp3) is 0.0566. The van der Waals surface area contributed by atoms with E-state index < -0.39 is 0 Å². The minimum absolute atomic E-state index is 0.277. The molecule has 1 heterocycles. The quantitative estimate of drug-likeness (QED) is 0.183. The van der Waals surface area contributed by atoms with Gasteiger partial charge in [-0.25, -0.2) is 9.98 Å². The Labute approximate surface area is 326 Å². The summed E-state index contributed by atoms with van der Waals surface area (Å²) in [6.45, 7) is 0. The predicted octanol–water partition coefficient (Wildman–Crippen LogP) is 13.1. The van der Waals surface area contributed by atoms with Crippen LogP contribution in [0.2, 0.25) is 0 Å². The van der Waals surface area contributed by atoms with Crippen LogP contribution in [-0.2, 0) is 0 Å². The van der Waals surface area contributed by atoms with Gasteiger partial charge in [-0.1, -0.05) is 182 Å². The molecule has 3 nitrogen and oxygen atoms in total. The molecule has 0 spiro atoms. The Bertz CT molecular complexity index is 2960. The molecular weight excluding hydrogens is 679 g/mol. The summed E-state index contributed by atoms with van der Waals surface area (Å²) < 4.78 is 0. The summed E-state index contributed by atoms with van der Waals surface area (Å²) in [7, 11) is 0. The summed E-state index contributed by atoms with van der Waals surface area (Å²) in [6.07, 6.45) is 6.60. The van der Waals surface area contributed by atoms with Crippen LogP contribution in [0.4, 0.5) is 0 Å². The summed E-state index contributed by atoms with van der Waals surface area (Å²) in [6, 6.07) is 63.3. The lowest BCUT2D eigenvalue weighted by Gasteiger charge is -2.24. The molecule has 8 aromatic rings. The number of allylic oxidation sites excluding steroid dienone is 4. The number of nitrogens with one attached hydrogen (secondary N) is 1. The summed E-state index contributed by atoms with van der Waals surface area (Å²) in [5.41, 5.74) is 16.1. The molecule has 0 saturated heterocycles. The molecule has 264 valence electrons. The SMILES string of the molecule is C1=CC2=C(CC1)c1cccc3c(-c4cccc(-c5cccc6cccc(-c7ccc(C8N=C(c9ccccc9)N=C(c9ccccc9)N8)cc7)c56)c4)ccc2c13. The molecule has 1 atom stereocenters. The number of aliphatic imine (C=N–C) groups is 2. The monoisotopic (exact) mass is 715 g/mol. The molecule has 11 rings (SSSR count). The van der Waals surface area contributed by atoms with Gasteiger partial charge in [0.15, 0.2) is 5.84 Å². The van der Waals surface area contributed by atoms with E-state index in [1.807, 2.05) is 36.4 Å². The Kier molecular flexibility index (Phi) is 7.70. The highest BCUT2D eigenvalue weighted by Crippen LogP contribution is 2.48. The van der Waals surface area contributed by atoms with Crippen LogP contribution in [0, 0.1) is 0 Å². The summed E-state index contributed by atoms with van der Waals surface area (Å²) in [5.74, 6) is 1.54. The molecule has 3 heteroatoms. The van der Waals surface area contributed by atoms with Crippen molar-refractivity contribution in [1.29, 1.82) is 0 Å². The summed E-state index contributed by atoms with van der Waals surface area (Å²) in [4.78, 5) is 10.1. The van der Waals surface area contributed by atoms with Gasteiger partial charge in [0.05, 0.1) is 0 Å². The largest absolute Gasteiger partial charge is 0.344 e. The van der Waals surface area contributed by atoms with Crippen LogP contribution in [0.1, 0.15) is 46.8 Å². The molecule has 1 N–H and O–H groups in total. The van der Waals surface area contributed by atoms with E-state index in [1.54, 1.807) is 0 Å². The Morgan fingerprint density at radius 2 is 1.12 bits per heavy atom. The molecule has 2 aliphatic carbocycles. The zero-order chi connectivity index (χ0) is 37.0. The number of amidine groups is 2. The molecule has 0 radical (unpaired) electrons. The molecule has 0 amide bonds. The van der Waals surface area contributed by atoms with Crippen molar-refractivity contribution in [1.82, 2.24) is 5.32 Å². The van der Waals surface area contributed by atoms with Gasteiger partial charge < -0.3 is 5.32 Å². The summed E-state index contributed by atoms with van der Waals surface area (Å²) in [5, 5.41) is 8.82. The van der Waals surface area contributed by atoms with E-state index in [0.29, 0.717) is 0 Å². The maximum atomic E-state index is 5.10. The van der Waals surface area contributed by atoms with Crippen LogP contribution in [0.15, 0.2) is 198 Å². The lowest BCUT2D eigenvalue weighted by molar-refractivity contribution is 0.674. The first kappa shape index (κ1) is 32.3. The smallest absolute Gasteiger partial charge is 0.159 e. The highest BCUT2D eigenvalue weighted by molar-refractivity contribution is 6.19. The first-order chi connectivity index (χ1) is 27.8. The van der Waals surface area contributed by atoms with Crippen molar-refractivity contribution in [3.8, 4) is 33.4 Å². The molecule has 0 aromatic heterocycles. The Balaban J connectivity index is 0.967. The number of hydrogen-bond acceptors (Lipinski definition) is 3. The van der Waals surface area contributed by atoms with E-state index in [2.05, 4.69) is 157 Å². The minimum atomic E-state index is -0.277. The molecule has 3 aliphatic rings. The second-order valence-electron chi connectivity index (χ2n) is 14.8. The maximum absolute atomic E-state index is 5.10. The topological polar surface area (TPSA) is 36.8 Å². The van der Waals surface area contributed by atoms with Gasteiger partial charge in [0.25, 0.3) is 0 Å². The van der Waals surface area contributed by atoms with E-state index in [4.69, 9.17) is 9.98 Å². The van der Waals surface area contributed by atoms with Crippen molar-refractivity contribution in [3.63, 3.8) is 0 Å². The Hall–Kier alpha value is -7.10. The van der Waals surface area contributed by atoms with Crippen molar-refractivity contribution in [2.45, 2.75) is 19.0 Å². The third-order valence-electron chi connectivity index (χ3n) is 11.6. The number of benzene rings is 8. The molecule has 1 aliphatic heterocycles. The zero-order valence-corrected chi connectivity index (χ0v) is 30.8. The standard InChI is InChI=1S/C53H37N3/c1-3-13-36(14-4-1)51-54-52(37-15-5-2-6-16-37)56-53(55-51)38-29-27-34(28-30-38)42-23-10-17-35-18-11-24-43(49(35)42)40-20-9-19-39(33-40)41-31-32-48-45-22-8-7-21-44(45)47-26-12-25-46(41)50(47)48/h1-6,8-20,22-33,53H,7,21H2,(H,54,55,56). The average Bonchev–Trinajstić information content (AvgIpc) is 3.61. The van der Waals surface area contributed by atoms with E-state index in [-0.39, 0.29) is 6.17 Å². The van der Waals surface area contributed by atoms with E-state index in [1.165, 1.54) is 77.2 Å². The van der Waals surface area contributed by atoms with Crippen LogP contribution < -0.4 is 5.32 Å². The van der Waals surface area contributed by atoms with Crippen LogP contribution >= 0.6 is 0 Å². The number of rotatable bonds is 6. The second-order valence-corrected chi connectivity index (χ2v) is 14.8. The van der Waals surface area contributed by atoms with Gasteiger partial charge in [0.2, 0.25) is 0 Å². The molecule has 0 fully saturated rings. The maximum Gasteiger partial charge on any atom is 0.159 e. The van der Waals surface area contributed by atoms with Crippen LogP contribution in [0.25, 0.3) is 66.1 Å². The molecule has 1 unspecified atom stereocenters. The van der Waals surface area contributed by atoms with Gasteiger partial charge in [0.1, 0.15) is 12.0 Å². The van der Waals surface area contributed by atoms with E-state index in [9.17, 15) is 0 Å². The lowest BCUT2D eigenvalue weighted by Crippen LogP contribution is -2.33. The van der Waals surface area contributed by atoms with Gasteiger partial charge in [-0.2, -0.15) is 0 Å². The second kappa shape index (κ2) is 13.3. The van der Waals surface area contributed by atoms with Crippen molar-refractivity contribution in [2.75, 3.05) is 0 Å². The van der Waals surface area contributed by atoms with Gasteiger partial charge in [-0.05, 0) is 102 Å². The van der Waals surface area contributed by atoms with Crippen LogP contribution in [0.5, 0.6) is 0 Å². The molecular formula is C53H37N3. The average molecular weight is 716 g/mol. The Morgan fingerprint density at radius 3 is 1.91 bits per heavy atom. The van der Waals surface area contributed by atoms with E-state index in [0.717, 1.165) is 41.2 Å². The van der Waals surface area contributed by atoms with Gasteiger partial charge >= 0.3 is 0 Å². The molecule has 8 aromatic carbocycles. The zero-order valence-electron chi connectivity index (χ0n) is 30.8. The predicted molar refractivity (Wildman–Crippen MR) is 235 cm³/mol. The summed E-state index contributed by atoms with van der Waals surface area (Å²) >= 11 is 0. The number of hydrogen-bond donors (Lipinski definition) is 1. The van der Waals surface area contributed by atoms with Crippen molar-refractivity contribution >= 4 is 44.4 Å². The highest BCUT2D eigenvalue weighted by atomic mass is 15.2. The first-order valence-corrected chi connectivity index (χ1v) is 19.5. The van der Waals surface area contributed by atoms with Crippen molar-refractivity contribution in [3.05, 3.63) is 216 Å². The molecule has 0 bridgehead atoms. The normalized spacial score (nSPS) is 15.8. The fourth-order valence-electron chi connectivity index (χ4n) is 8.93. The van der Waals surface area contributed by atoms with Crippen molar-refractivity contribution < 1.29 is 0 Å².